The number of aliphatic hydroxyl groups is 1. The normalized spacial score (nSPS) is 25.5. The summed E-state index contributed by atoms with van der Waals surface area (Å²) in [6.07, 6.45) is 7.27. The van der Waals surface area contributed by atoms with Crippen molar-refractivity contribution in [3.05, 3.63) is 11.8 Å². The maximum absolute atomic E-state index is 11.2. The lowest BCUT2D eigenvalue weighted by atomic mass is 9.79. The minimum Gasteiger partial charge on any atom is -0.515 e. The number of Topliss-reactive ketones (excluding diaryl/α,β-unsaturated/α-hetero) is 2. The lowest BCUT2D eigenvalue weighted by Crippen LogP contribution is -2.20. The number of hydrogen-bond donors (Lipinski definition) is 1. The standard InChI is InChI=1S/C10H16O2.C9H16O/c1-7(2)8-3-4-10(12)9(5-8)6-11;1-7(2)8-3-5-9(10)6-4-8/h6-8,11H,3-5H2,1-2H3;7-8H,3-6H2,1-2H3/b9-6+;. The Hall–Kier alpha value is -1.12. The summed E-state index contributed by atoms with van der Waals surface area (Å²) in [6.45, 7) is 8.83. The number of rotatable bonds is 2. The Morgan fingerprint density at radius 1 is 0.909 bits per heavy atom. The molecule has 0 aromatic carbocycles. The molecule has 126 valence electrons. The molecule has 0 radical (unpaired) electrons. The SMILES string of the molecule is CC(C)C1CCC(=O)/C(=C/O)C1.CC(C)C1CCC(=O)CC1. The summed E-state index contributed by atoms with van der Waals surface area (Å²) in [4.78, 5) is 22.0. The van der Waals surface area contributed by atoms with Crippen molar-refractivity contribution in [3.63, 3.8) is 0 Å². The molecule has 0 heterocycles. The van der Waals surface area contributed by atoms with Gasteiger partial charge in [0.05, 0.1) is 6.26 Å². The van der Waals surface area contributed by atoms with Crippen LogP contribution in [0.5, 0.6) is 0 Å². The number of carbonyl (C=O) groups is 2. The van der Waals surface area contributed by atoms with E-state index in [-0.39, 0.29) is 5.78 Å². The van der Waals surface area contributed by atoms with Crippen LogP contribution in [0, 0.1) is 23.7 Å². The fourth-order valence-corrected chi connectivity index (χ4v) is 3.30. The Balaban J connectivity index is 0.000000224. The van der Waals surface area contributed by atoms with Crippen LogP contribution >= 0.6 is 0 Å². The van der Waals surface area contributed by atoms with Gasteiger partial charge in [-0.1, -0.05) is 27.7 Å². The van der Waals surface area contributed by atoms with Crippen LogP contribution in [0.25, 0.3) is 0 Å². The molecular weight excluding hydrogens is 276 g/mol. The summed E-state index contributed by atoms with van der Waals surface area (Å²) in [5, 5.41) is 8.78. The lowest BCUT2D eigenvalue weighted by molar-refractivity contribution is -0.121. The van der Waals surface area contributed by atoms with E-state index in [1.54, 1.807) is 0 Å². The molecule has 1 atom stereocenters. The number of aliphatic hydroxyl groups excluding tert-OH is 1. The third-order valence-corrected chi connectivity index (χ3v) is 5.21. The zero-order valence-electron chi connectivity index (χ0n) is 14.6. The molecule has 2 fully saturated rings. The minimum atomic E-state index is 0.120. The Bertz CT molecular complexity index is 397. The van der Waals surface area contributed by atoms with E-state index in [1.807, 2.05) is 0 Å². The van der Waals surface area contributed by atoms with Gasteiger partial charge < -0.3 is 5.11 Å². The van der Waals surface area contributed by atoms with Crippen LogP contribution in [-0.2, 0) is 9.59 Å². The van der Waals surface area contributed by atoms with Crippen molar-refractivity contribution in [2.24, 2.45) is 23.7 Å². The van der Waals surface area contributed by atoms with Gasteiger partial charge in [0.1, 0.15) is 5.78 Å². The summed E-state index contributed by atoms with van der Waals surface area (Å²) < 4.78 is 0. The van der Waals surface area contributed by atoms with Crippen molar-refractivity contribution in [2.75, 3.05) is 0 Å². The van der Waals surface area contributed by atoms with Crippen molar-refractivity contribution < 1.29 is 14.7 Å². The first-order chi connectivity index (χ1) is 10.3. The molecule has 2 saturated carbocycles. The molecule has 0 amide bonds. The van der Waals surface area contributed by atoms with Crippen molar-refractivity contribution >= 4 is 11.6 Å². The fourth-order valence-electron chi connectivity index (χ4n) is 3.30. The first-order valence-electron chi connectivity index (χ1n) is 8.73. The average molecular weight is 308 g/mol. The number of carbonyl (C=O) groups excluding carboxylic acids is 2. The Morgan fingerprint density at radius 2 is 1.41 bits per heavy atom. The van der Waals surface area contributed by atoms with Gasteiger partial charge in [-0.15, -0.1) is 0 Å². The van der Waals surface area contributed by atoms with Gasteiger partial charge in [0.25, 0.3) is 0 Å². The summed E-state index contributed by atoms with van der Waals surface area (Å²) in [5.41, 5.74) is 0.611. The quantitative estimate of drug-likeness (QED) is 0.585. The summed E-state index contributed by atoms with van der Waals surface area (Å²) in [6, 6.07) is 0. The van der Waals surface area contributed by atoms with E-state index < -0.39 is 0 Å². The van der Waals surface area contributed by atoms with E-state index >= 15 is 0 Å². The van der Waals surface area contributed by atoms with Crippen LogP contribution in [0.4, 0.5) is 0 Å². The molecule has 0 aliphatic heterocycles. The summed E-state index contributed by atoms with van der Waals surface area (Å²) >= 11 is 0. The predicted octanol–water partition coefficient (Wildman–Crippen LogP) is 4.86. The van der Waals surface area contributed by atoms with Gasteiger partial charge in [0, 0.05) is 24.8 Å². The minimum absolute atomic E-state index is 0.120. The second-order valence-electron chi connectivity index (χ2n) is 7.44. The van der Waals surface area contributed by atoms with Crippen LogP contribution < -0.4 is 0 Å². The molecule has 2 rings (SSSR count). The zero-order valence-corrected chi connectivity index (χ0v) is 14.6. The maximum atomic E-state index is 11.2. The molecule has 0 bridgehead atoms. The first-order valence-corrected chi connectivity index (χ1v) is 8.73. The van der Waals surface area contributed by atoms with Crippen LogP contribution in [0.3, 0.4) is 0 Å². The highest BCUT2D eigenvalue weighted by atomic mass is 16.2. The van der Waals surface area contributed by atoms with Crippen molar-refractivity contribution in [3.8, 4) is 0 Å². The first kappa shape index (κ1) is 18.9. The van der Waals surface area contributed by atoms with Gasteiger partial charge in [-0.3, -0.25) is 9.59 Å². The van der Waals surface area contributed by atoms with Crippen LogP contribution in [0.1, 0.15) is 72.6 Å². The van der Waals surface area contributed by atoms with Gasteiger partial charge in [-0.2, -0.15) is 0 Å². The molecule has 22 heavy (non-hydrogen) atoms. The predicted molar refractivity (Wildman–Crippen MR) is 89.7 cm³/mol. The largest absolute Gasteiger partial charge is 0.515 e. The van der Waals surface area contributed by atoms with Gasteiger partial charge in [-0.25, -0.2) is 0 Å². The Labute approximate surface area is 135 Å². The zero-order chi connectivity index (χ0) is 16.7. The molecule has 0 aromatic rings. The second-order valence-corrected chi connectivity index (χ2v) is 7.44. The molecule has 3 heteroatoms. The molecule has 1 unspecified atom stereocenters. The fraction of sp³-hybridized carbons (Fsp3) is 0.789. The van der Waals surface area contributed by atoms with Gasteiger partial charge in [0.2, 0.25) is 0 Å². The van der Waals surface area contributed by atoms with E-state index in [9.17, 15) is 9.59 Å². The van der Waals surface area contributed by atoms with Gasteiger partial charge >= 0.3 is 0 Å². The van der Waals surface area contributed by atoms with E-state index in [0.29, 0.717) is 29.6 Å². The number of hydrogen-bond acceptors (Lipinski definition) is 3. The lowest BCUT2D eigenvalue weighted by Gasteiger charge is -2.25. The van der Waals surface area contributed by atoms with Crippen molar-refractivity contribution in [2.45, 2.75) is 72.6 Å². The topological polar surface area (TPSA) is 54.4 Å². The van der Waals surface area contributed by atoms with Crippen molar-refractivity contribution in [1.29, 1.82) is 0 Å². The number of ketones is 2. The van der Waals surface area contributed by atoms with E-state index in [4.69, 9.17) is 5.11 Å². The van der Waals surface area contributed by atoms with Crippen LogP contribution in [0.2, 0.25) is 0 Å². The average Bonchev–Trinajstić information content (AvgIpc) is 2.48. The molecule has 0 spiro atoms. The van der Waals surface area contributed by atoms with Crippen LogP contribution in [0.15, 0.2) is 11.8 Å². The molecule has 0 saturated heterocycles. The highest BCUT2D eigenvalue weighted by Gasteiger charge is 2.25. The molecule has 2 aliphatic rings. The maximum Gasteiger partial charge on any atom is 0.161 e. The molecule has 3 nitrogen and oxygen atoms in total. The summed E-state index contributed by atoms with van der Waals surface area (Å²) in [5.74, 6) is 3.35. The van der Waals surface area contributed by atoms with E-state index in [2.05, 4.69) is 27.7 Å². The monoisotopic (exact) mass is 308 g/mol. The smallest absolute Gasteiger partial charge is 0.161 e. The Morgan fingerprint density at radius 3 is 1.86 bits per heavy atom. The molecule has 1 N–H and O–H groups in total. The third kappa shape index (κ3) is 5.94. The third-order valence-electron chi connectivity index (χ3n) is 5.21. The van der Waals surface area contributed by atoms with Gasteiger partial charge in [0.15, 0.2) is 5.78 Å². The molecule has 2 aliphatic carbocycles. The molecular formula is C19H32O3. The van der Waals surface area contributed by atoms with Gasteiger partial charge in [-0.05, 0) is 49.4 Å². The van der Waals surface area contributed by atoms with Crippen LogP contribution in [-0.4, -0.2) is 16.7 Å². The second kappa shape index (κ2) is 9.12. The van der Waals surface area contributed by atoms with E-state index in [1.165, 1.54) is 0 Å². The highest BCUT2D eigenvalue weighted by molar-refractivity contribution is 5.95. The summed E-state index contributed by atoms with van der Waals surface area (Å²) in [7, 11) is 0. The van der Waals surface area contributed by atoms with E-state index in [0.717, 1.165) is 56.6 Å². The van der Waals surface area contributed by atoms with Crippen molar-refractivity contribution in [1.82, 2.24) is 0 Å². The molecule has 0 aromatic heterocycles. The Kier molecular flexibility index (Phi) is 7.84. The highest BCUT2D eigenvalue weighted by Crippen LogP contribution is 2.30. The number of allylic oxidation sites excluding steroid dienone is 1.